The maximum Gasteiger partial charge on any atom is 0.110 e. The third kappa shape index (κ3) is 1.30. The van der Waals surface area contributed by atoms with E-state index in [4.69, 9.17) is 5.11 Å². The molecule has 1 aliphatic carbocycles. The molecule has 1 unspecified atom stereocenters. The van der Waals surface area contributed by atoms with E-state index in [0.29, 0.717) is 18.1 Å². The normalized spacial score (nSPS) is 35.2. The van der Waals surface area contributed by atoms with Gasteiger partial charge in [0.15, 0.2) is 0 Å². The summed E-state index contributed by atoms with van der Waals surface area (Å²) in [7, 11) is 0. The third-order valence-electron chi connectivity index (χ3n) is 3.52. The lowest BCUT2D eigenvalue weighted by molar-refractivity contribution is -0.705. The lowest BCUT2D eigenvalue weighted by Gasteiger charge is -2.45. The van der Waals surface area contributed by atoms with Crippen molar-refractivity contribution in [3.05, 3.63) is 0 Å². The fraction of sp³-hybridized carbons (Fsp3) is 1.00. The average Bonchev–Trinajstić information content (AvgIpc) is 2.02. The second-order valence-electron chi connectivity index (χ2n) is 4.27. The zero-order valence-corrected chi connectivity index (χ0v) is 7.05. The van der Waals surface area contributed by atoms with Crippen LogP contribution in [-0.2, 0) is 0 Å². The van der Waals surface area contributed by atoms with Gasteiger partial charge in [-0.25, -0.2) is 0 Å². The van der Waals surface area contributed by atoms with Crippen LogP contribution in [-0.4, -0.2) is 24.3 Å². The highest BCUT2D eigenvalue weighted by atomic mass is 16.3. The Hall–Kier alpha value is -0.0800. The SMILES string of the molecule is OCC1CC2(CCC2)CC[NH2+]1. The maximum atomic E-state index is 9.01. The lowest BCUT2D eigenvalue weighted by Crippen LogP contribution is -2.93. The van der Waals surface area contributed by atoms with Gasteiger partial charge in [-0.1, -0.05) is 6.42 Å². The summed E-state index contributed by atoms with van der Waals surface area (Å²) in [6, 6.07) is 0.518. The minimum absolute atomic E-state index is 0.377. The quantitative estimate of drug-likeness (QED) is 0.545. The molecule has 1 atom stereocenters. The van der Waals surface area contributed by atoms with E-state index >= 15 is 0 Å². The third-order valence-corrected chi connectivity index (χ3v) is 3.52. The standard InChI is InChI=1S/C9H17NO/c11-7-8-6-9(2-1-3-9)4-5-10-8/h8,10-11H,1-7H2/p+1. The molecule has 2 fully saturated rings. The van der Waals surface area contributed by atoms with E-state index in [9.17, 15) is 0 Å². The van der Waals surface area contributed by atoms with Crippen LogP contribution in [0.2, 0.25) is 0 Å². The van der Waals surface area contributed by atoms with Gasteiger partial charge in [0.2, 0.25) is 0 Å². The van der Waals surface area contributed by atoms with E-state index in [2.05, 4.69) is 5.32 Å². The molecule has 1 heterocycles. The first kappa shape index (κ1) is 7.56. The van der Waals surface area contributed by atoms with E-state index in [1.807, 2.05) is 0 Å². The molecule has 2 rings (SSSR count). The summed E-state index contributed by atoms with van der Waals surface area (Å²) in [5.74, 6) is 0. The van der Waals surface area contributed by atoms with Crippen molar-refractivity contribution in [3.8, 4) is 0 Å². The number of quaternary nitrogens is 1. The summed E-state index contributed by atoms with van der Waals surface area (Å²) >= 11 is 0. The van der Waals surface area contributed by atoms with Gasteiger partial charge < -0.3 is 10.4 Å². The Morgan fingerprint density at radius 1 is 1.36 bits per heavy atom. The van der Waals surface area contributed by atoms with Crippen molar-refractivity contribution in [1.29, 1.82) is 0 Å². The molecular formula is C9H18NO+. The highest BCUT2D eigenvalue weighted by molar-refractivity contribution is 4.90. The van der Waals surface area contributed by atoms with Gasteiger partial charge in [0.05, 0.1) is 13.2 Å². The first-order chi connectivity index (χ1) is 5.35. The number of hydrogen-bond donors (Lipinski definition) is 2. The van der Waals surface area contributed by atoms with Crippen LogP contribution < -0.4 is 5.32 Å². The topological polar surface area (TPSA) is 36.8 Å². The Morgan fingerprint density at radius 2 is 2.18 bits per heavy atom. The Morgan fingerprint density at radius 3 is 2.73 bits per heavy atom. The molecule has 0 aromatic rings. The number of aliphatic hydroxyl groups is 1. The number of rotatable bonds is 1. The van der Waals surface area contributed by atoms with Crippen molar-refractivity contribution in [1.82, 2.24) is 0 Å². The van der Waals surface area contributed by atoms with Gasteiger partial charge in [-0.3, -0.25) is 0 Å². The number of nitrogens with two attached hydrogens (primary N) is 1. The summed E-state index contributed by atoms with van der Waals surface area (Å²) < 4.78 is 0. The fourth-order valence-corrected chi connectivity index (χ4v) is 2.64. The molecule has 0 bridgehead atoms. The molecule has 1 aliphatic heterocycles. The molecule has 3 N–H and O–H groups in total. The van der Waals surface area contributed by atoms with Gasteiger partial charge in [-0.05, 0) is 18.3 Å². The summed E-state index contributed by atoms with van der Waals surface area (Å²) in [6.07, 6.45) is 6.94. The van der Waals surface area contributed by atoms with Gasteiger partial charge in [-0.2, -0.15) is 0 Å². The van der Waals surface area contributed by atoms with E-state index in [-0.39, 0.29) is 0 Å². The number of hydrogen-bond acceptors (Lipinski definition) is 1. The zero-order chi connectivity index (χ0) is 7.73. The Kier molecular flexibility index (Phi) is 1.90. The maximum absolute atomic E-state index is 9.01. The molecule has 2 aliphatic rings. The van der Waals surface area contributed by atoms with E-state index in [0.717, 1.165) is 0 Å². The van der Waals surface area contributed by atoms with Gasteiger partial charge in [0.25, 0.3) is 0 Å². The van der Waals surface area contributed by atoms with E-state index < -0.39 is 0 Å². The van der Waals surface area contributed by atoms with Crippen LogP contribution in [0.4, 0.5) is 0 Å². The molecular weight excluding hydrogens is 138 g/mol. The second kappa shape index (κ2) is 2.76. The average molecular weight is 156 g/mol. The van der Waals surface area contributed by atoms with Crippen molar-refractivity contribution in [3.63, 3.8) is 0 Å². The molecule has 2 nitrogen and oxygen atoms in total. The summed E-state index contributed by atoms with van der Waals surface area (Å²) in [4.78, 5) is 0. The van der Waals surface area contributed by atoms with Crippen LogP contribution in [0.3, 0.4) is 0 Å². The van der Waals surface area contributed by atoms with Crippen LogP contribution in [0.1, 0.15) is 32.1 Å². The van der Waals surface area contributed by atoms with Crippen LogP contribution in [0.25, 0.3) is 0 Å². The van der Waals surface area contributed by atoms with E-state index in [1.54, 1.807) is 0 Å². The summed E-state index contributed by atoms with van der Waals surface area (Å²) in [5.41, 5.74) is 0.683. The predicted octanol–water partition coefficient (Wildman–Crippen LogP) is -0.125. The smallest absolute Gasteiger partial charge is 0.110 e. The minimum Gasteiger partial charge on any atom is -0.390 e. The van der Waals surface area contributed by atoms with Gasteiger partial charge >= 0.3 is 0 Å². The first-order valence-corrected chi connectivity index (χ1v) is 4.79. The lowest BCUT2D eigenvalue weighted by atomic mass is 9.62. The second-order valence-corrected chi connectivity index (χ2v) is 4.27. The van der Waals surface area contributed by atoms with Gasteiger partial charge in [0, 0.05) is 12.8 Å². The molecule has 1 saturated heterocycles. The van der Waals surface area contributed by atoms with Crippen molar-refractivity contribution in [2.24, 2.45) is 5.41 Å². The molecule has 1 saturated carbocycles. The van der Waals surface area contributed by atoms with Gasteiger partial charge in [0.1, 0.15) is 6.04 Å². The monoisotopic (exact) mass is 156 g/mol. The Balaban J connectivity index is 1.92. The molecule has 0 amide bonds. The van der Waals surface area contributed by atoms with Gasteiger partial charge in [-0.15, -0.1) is 0 Å². The van der Waals surface area contributed by atoms with Crippen molar-refractivity contribution in [2.75, 3.05) is 13.2 Å². The summed E-state index contributed by atoms with van der Waals surface area (Å²) in [6.45, 7) is 1.62. The van der Waals surface area contributed by atoms with Crippen LogP contribution in [0, 0.1) is 5.41 Å². The van der Waals surface area contributed by atoms with E-state index in [1.165, 1.54) is 38.6 Å². The predicted molar refractivity (Wildman–Crippen MR) is 43.2 cm³/mol. The Labute approximate surface area is 68.0 Å². The molecule has 0 radical (unpaired) electrons. The summed E-state index contributed by atoms with van der Waals surface area (Å²) in [5, 5.41) is 11.3. The molecule has 1 spiro atoms. The highest BCUT2D eigenvalue weighted by Crippen LogP contribution is 2.47. The number of aliphatic hydroxyl groups excluding tert-OH is 1. The van der Waals surface area contributed by atoms with Crippen LogP contribution in [0.5, 0.6) is 0 Å². The molecule has 11 heavy (non-hydrogen) atoms. The molecule has 0 aromatic heterocycles. The van der Waals surface area contributed by atoms with Crippen LogP contribution in [0.15, 0.2) is 0 Å². The van der Waals surface area contributed by atoms with Crippen molar-refractivity contribution >= 4 is 0 Å². The minimum atomic E-state index is 0.377. The fourth-order valence-electron chi connectivity index (χ4n) is 2.64. The molecule has 0 aromatic carbocycles. The molecule has 2 heteroatoms. The first-order valence-electron chi connectivity index (χ1n) is 4.79. The largest absolute Gasteiger partial charge is 0.390 e. The molecule has 64 valence electrons. The Bertz CT molecular complexity index is 142. The number of piperidine rings is 1. The highest BCUT2D eigenvalue weighted by Gasteiger charge is 2.42. The zero-order valence-electron chi connectivity index (χ0n) is 7.05. The van der Waals surface area contributed by atoms with Crippen molar-refractivity contribution < 1.29 is 10.4 Å². The van der Waals surface area contributed by atoms with Crippen molar-refractivity contribution in [2.45, 2.75) is 38.1 Å². The van der Waals surface area contributed by atoms with Crippen LogP contribution >= 0.6 is 0 Å².